The fraction of sp³-hybridized carbons (Fsp3) is 0.933. The molecule has 4 N–H and O–H groups in total. The minimum atomic E-state index is -0.570. The van der Waals surface area contributed by atoms with Gasteiger partial charge in [0.05, 0.1) is 37.3 Å². The van der Waals surface area contributed by atoms with Crippen molar-refractivity contribution < 1.29 is 78.1 Å². The molecule has 8 rings (SSSR count). The average Bonchev–Trinajstić information content (AvgIpc) is 2.95. The number of rotatable bonds is 2. The minimum absolute atomic E-state index is 0. The minimum Gasteiger partial charge on any atom is -1.00 e. The Bertz CT molecular complexity index is 819. The quantitative estimate of drug-likeness (QED) is 0.280. The molecule has 8 saturated heterocycles. The van der Waals surface area contributed by atoms with Crippen LogP contribution in [0.2, 0.25) is 0 Å². The second-order valence-corrected chi connectivity index (χ2v) is 22.2. The number of aliphatic carboxylic acids is 2. The molecule has 8 aliphatic heterocycles. The summed E-state index contributed by atoms with van der Waals surface area (Å²) in [6.45, 7) is 29.1. The summed E-state index contributed by atoms with van der Waals surface area (Å²) in [5, 5.41) is 19.4. The molecule has 246 valence electrons. The fourth-order valence-electron chi connectivity index (χ4n) is 6.54. The maximum Gasteiger partial charge on any atom is 1.00 e. The predicted octanol–water partition coefficient (Wildman–Crippen LogP) is 7.34. The molecule has 8 bridgehead atoms. The largest absolute Gasteiger partial charge is 1.00 e. The Morgan fingerprint density at radius 1 is 0.619 bits per heavy atom. The first-order valence-electron chi connectivity index (χ1n) is 15.9. The van der Waals surface area contributed by atoms with Crippen LogP contribution in [0.15, 0.2) is 0 Å². The predicted molar refractivity (Wildman–Crippen MR) is 194 cm³/mol. The number of carbonyl (C=O) groups is 2. The van der Waals surface area contributed by atoms with Gasteiger partial charge in [-0.05, 0) is 39.5 Å². The van der Waals surface area contributed by atoms with Gasteiger partial charge < -0.3 is 17.1 Å². The summed E-state index contributed by atoms with van der Waals surface area (Å²) in [5.74, 6) is -1.14. The van der Waals surface area contributed by atoms with Gasteiger partial charge in [0.2, 0.25) is 2.86 Å². The van der Waals surface area contributed by atoms with Gasteiger partial charge in [-0.3, -0.25) is 9.59 Å². The topological polar surface area (TPSA) is 106 Å². The van der Waals surface area contributed by atoms with E-state index in [-0.39, 0.29) is 71.8 Å². The summed E-state index contributed by atoms with van der Waals surface area (Å²) in [4.78, 5) is 23.6. The van der Waals surface area contributed by atoms with Gasteiger partial charge in [0.15, 0.2) is 0 Å². The van der Waals surface area contributed by atoms with Gasteiger partial charge in [-0.15, -0.1) is 70.6 Å². The molecule has 42 heavy (non-hydrogen) atoms. The van der Waals surface area contributed by atoms with E-state index in [0.29, 0.717) is 18.3 Å². The maximum absolute atomic E-state index is 11.8. The van der Waals surface area contributed by atoms with Crippen LogP contribution < -0.4 is 51.4 Å². The van der Waals surface area contributed by atoms with Crippen molar-refractivity contribution in [1.29, 1.82) is 2.86 Å². The molecule has 0 radical (unpaired) electrons. The monoisotopic (exact) mass is 732 g/mol. The Morgan fingerprint density at radius 3 is 0.976 bits per heavy atom. The van der Waals surface area contributed by atoms with E-state index in [1.54, 1.807) is 0 Å². The van der Waals surface area contributed by atoms with Gasteiger partial charge in [-0.2, -0.15) is 0 Å². The molecule has 0 aromatic heterocycles. The molecular weight excluding hydrogens is 672 g/mol. The molecule has 0 aliphatic carbocycles. The Labute approximate surface area is 330 Å². The molecule has 0 amide bonds. The van der Waals surface area contributed by atoms with Crippen molar-refractivity contribution in [2.24, 2.45) is 21.7 Å². The summed E-state index contributed by atoms with van der Waals surface area (Å²) >= 11 is 12.0. The van der Waals surface area contributed by atoms with E-state index in [9.17, 15) is 19.8 Å². The van der Waals surface area contributed by atoms with E-state index in [1.807, 2.05) is 126 Å². The number of carboxylic acids is 2. The number of carboxylic acid groups (broad SMARTS) is 2. The van der Waals surface area contributed by atoms with Crippen molar-refractivity contribution in [2.45, 2.75) is 149 Å². The average molecular weight is 733 g/mol. The van der Waals surface area contributed by atoms with Crippen LogP contribution in [-0.4, -0.2) is 57.0 Å². The second-order valence-electron chi connectivity index (χ2n) is 11.2. The zero-order valence-electron chi connectivity index (χ0n) is 31.7. The molecule has 8 fully saturated rings. The number of hydrogen-bond acceptors (Lipinski definition) is 8. The van der Waals surface area contributed by atoms with Crippen LogP contribution in [-0.2, 0) is 9.59 Å². The van der Waals surface area contributed by atoms with Gasteiger partial charge in [0.25, 0.3) is 0 Å². The molecule has 8 heterocycles. The zero-order chi connectivity index (χ0) is 34.2. The molecule has 0 saturated carbocycles. The molecular formula is C30H59KO5S6. The van der Waals surface area contributed by atoms with Crippen molar-refractivity contribution in [3.05, 3.63) is 0 Å². The van der Waals surface area contributed by atoms with Gasteiger partial charge in [-0.25, -0.2) is 0 Å². The van der Waals surface area contributed by atoms with E-state index in [1.165, 1.54) is 0 Å². The van der Waals surface area contributed by atoms with Crippen LogP contribution in [0.5, 0.6) is 0 Å². The van der Waals surface area contributed by atoms with Crippen LogP contribution in [0.3, 0.4) is 0 Å². The molecule has 0 aromatic carbocycles. The van der Waals surface area contributed by atoms with Crippen LogP contribution in [0.4, 0.5) is 0 Å². The molecule has 4 atom stereocenters. The van der Waals surface area contributed by atoms with E-state index < -0.39 is 22.8 Å². The van der Waals surface area contributed by atoms with Crippen LogP contribution in [0.1, 0.15) is 124 Å². The number of hydrogen-bond donors (Lipinski definition) is 2. The van der Waals surface area contributed by atoms with Gasteiger partial charge in [-0.1, -0.05) is 83.1 Å². The van der Waals surface area contributed by atoms with E-state index in [2.05, 4.69) is 47.0 Å². The van der Waals surface area contributed by atoms with E-state index >= 15 is 0 Å². The van der Waals surface area contributed by atoms with Crippen LogP contribution in [0, 0.1) is 21.7 Å². The molecule has 8 aliphatic rings. The van der Waals surface area contributed by atoms with Crippen LogP contribution in [0.25, 0.3) is 0 Å². The summed E-state index contributed by atoms with van der Waals surface area (Å²) in [5.41, 5.74) is 1.52. The second kappa shape index (κ2) is 17.9. The number of thioether (sulfide) groups is 6. The zero-order valence-corrected chi connectivity index (χ0v) is 36.7. The van der Waals surface area contributed by atoms with E-state index in [0.717, 1.165) is 25.7 Å². The summed E-state index contributed by atoms with van der Waals surface area (Å²) in [6, 6.07) is 0. The Hall–Kier alpha value is 2.64. The molecule has 12 heteroatoms. The van der Waals surface area contributed by atoms with Gasteiger partial charge in [0.1, 0.15) is 0 Å². The SMILES string of the molecule is CC.CC.CC.CC.CC12SC3CC(C(=O)O)(CC(S3)S1)C2(C)C.CC12SC3CC(C(=O)O)(CC(S3)S1)C2(C)C.[2H]O[2H].[H-].[K+]. The summed E-state index contributed by atoms with van der Waals surface area (Å²) in [7, 11) is 0. The third kappa shape index (κ3) is 7.60. The van der Waals surface area contributed by atoms with Crippen molar-refractivity contribution in [2.75, 3.05) is 0 Å². The van der Waals surface area contributed by atoms with Crippen LogP contribution >= 0.6 is 70.6 Å². The molecule has 5 nitrogen and oxygen atoms in total. The van der Waals surface area contributed by atoms with Crippen molar-refractivity contribution >= 4 is 82.5 Å². The molecule has 0 spiro atoms. The van der Waals surface area contributed by atoms with Gasteiger partial charge in [0, 0.05) is 10.8 Å². The first kappa shape index (κ1) is 42.7. The third-order valence-corrected chi connectivity index (χ3v) is 20.7. The van der Waals surface area contributed by atoms with E-state index in [4.69, 9.17) is 2.86 Å². The van der Waals surface area contributed by atoms with Crippen molar-refractivity contribution in [3.63, 3.8) is 0 Å². The smallest absolute Gasteiger partial charge is 1.00 e. The third-order valence-electron chi connectivity index (χ3n) is 9.58. The fourth-order valence-corrected chi connectivity index (χ4v) is 22.0. The maximum atomic E-state index is 11.8. The Balaban J connectivity index is -0.000000580. The Morgan fingerprint density at radius 2 is 0.810 bits per heavy atom. The standard InChI is InChI=1S/2C11H16O2S3.4C2H6.K.H2O.H/c2*1-9(2)10(3)15-6-4-11(9,8(12)13)5-7(14-6)16-10;4*1-2;;;/h2*6-7H,4-5H2,1-3H3,(H,12,13);4*1-2H3;;1H2;/q;;;;;;+1;;-1/i/hD2. The van der Waals surface area contributed by atoms with Crippen molar-refractivity contribution in [3.8, 4) is 0 Å². The molecule has 4 unspecified atom stereocenters. The first-order valence-corrected chi connectivity index (χ1v) is 20.5. The van der Waals surface area contributed by atoms with Gasteiger partial charge >= 0.3 is 63.3 Å². The summed E-state index contributed by atoms with van der Waals surface area (Å²) < 4.78 is 12.9. The molecule has 0 aromatic rings. The summed E-state index contributed by atoms with van der Waals surface area (Å²) in [6.07, 6.45) is 3.38. The normalized spacial score (nSPS) is 41.4. The first-order chi connectivity index (χ1) is 20.0. The van der Waals surface area contributed by atoms with Crippen molar-refractivity contribution in [1.82, 2.24) is 0 Å². The Kier molecular flexibility index (Phi) is 18.1.